The first-order valence-corrected chi connectivity index (χ1v) is 9.35. The molecule has 1 aromatic heterocycles. The molecule has 0 aliphatic carbocycles. The fraction of sp³-hybridized carbons (Fsp3) is 0.737. The number of furan rings is 1. The van der Waals surface area contributed by atoms with Crippen LogP contribution in [0.3, 0.4) is 0 Å². The van der Waals surface area contributed by atoms with Crippen molar-refractivity contribution in [2.24, 2.45) is 4.99 Å². The number of hydrogen-bond acceptors (Lipinski definition) is 4. The highest BCUT2D eigenvalue weighted by molar-refractivity contribution is 5.79. The van der Waals surface area contributed by atoms with Crippen LogP contribution < -0.4 is 10.6 Å². The summed E-state index contributed by atoms with van der Waals surface area (Å²) in [5, 5.41) is 6.71. The molecule has 0 bridgehead atoms. The van der Waals surface area contributed by atoms with E-state index in [2.05, 4.69) is 50.2 Å². The third kappa shape index (κ3) is 6.36. The van der Waals surface area contributed by atoms with Crippen molar-refractivity contribution in [3.05, 3.63) is 24.2 Å². The van der Waals surface area contributed by atoms with E-state index in [9.17, 15) is 0 Å². The van der Waals surface area contributed by atoms with Crippen LogP contribution in [0.5, 0.6) is 0 Å². The molecule has 0 amide bonds. The van der Waals surface area contributed by atoms with E-state index in [1.165, 1.54) is 0 Å². The highest BCUT2D eigenvalue weighted by Gasteiger charge is 2.33. The van der Waals surface area contributed by atoms with E-state index in [0.717, 1.165) is 50.9 Å². The number of ether oxygens (including phenoxy) is 1. The van der Waals surface area contributed by atoms with Crippen LogP contribution in [0.2, 0.25) is 0 Å². The number of hydrogen-bond donors (Lipinski definition) is 2. The lowest BCUT2D eigenvalue weighted by atomic mass is 10.0. The van der Waals surface area contributed by atoms with Crippen molar-refractivity contribution in [3.8, 4) is 0 Å². The van der Waals surface area contributed by atoms with Gasteiger partial charge in [-0.15, -0.1) is 0 Å². The van der Waals surface area contributed by atoms with Gasteiger partial charge < -0.3 is 19.8 Å². The normalized spacial score (nSPS) is 22.8. The Morgan fingerprint density at radius 1 is 1.28 bits per heavy atom. The first-order valence-electron chi connectivity index (χ1n) is 9.35. The molecule has 6 heteroatoms. The topological polar surface area (TPSA) is 62.0 Å². The molecule has 1 aliphatic heterocycles. The predicted octanol–water partition coefficient (Wildman–Crippen LogP) is 2.27. The predicted molar refractivity (Wildman–Crippen MR) is 102 cm³/mol. The van der Waals surface area contributed by atoms with Crippen molar-refractivity contribution in [2.45, 2.75) is 58.8 Å². The fourth-order valence-corrected chi connectivity index (χ4v) is 3.15. The van der Waals surface area contributed by atoms with Crippen LogP contribution in [-0.4, -0.2) is 61.3 Å². The molecular formula is C19H34N4O2. The monoisotopic (exact) mass is 350 g/mol. The number of nitrogens with one attached hydrogen (secondary N) is 2. The van der Waals surface area contributed by atoms with Crippen molar-refractivity contribution in [1.82, 2.24) is 15.5 Å². The molecule has 1 saturated heterocycles. The van der Waals surface area contributed by atoms with E-state index in [4.69, 9.17) is 14.1 Å². The zero-order chi connectivity index (χ0) is 18.3. The van der Waals surface area contributed by atoms with Gasteiger partial charge in [-0.25, -0.2) is 0 Å². The second-order valence-corrected chi connectivity index (χ2v) is 7.43. The summed E-state index contributed by atoms with van der Waals surface area (Å²) in [6, 6.07) is 3.91. The summed E-state index contributed by atoms with van der Waals surface area (Å²) in [6.45, 7) is 15.2. The molecule has 1 aromatic rings. The molecule has 2 unspecified atom stereocenters. The minimum atomic E-state index is -0.00430. The lowest BCUT2D eigenvalue weighted by Gasteiger charge is -2.44. The summed E-state index contributed by atoms with van der Waals surface area (Å²) in [5.74, 6) is 1.84. The fourth-order valence-electron chi connectivity index (χ4n) is 3.15. The number of morpholine rings is 1. The highest BCUT2D eigenvalue weighted by atomic mass is 16.5. The quantitative estimate of drug-likeness (QED) is 0.583. The summed E-state index contributed by atoms with van der Waals surface area (Å²) in [5.41, 5.74) is -0.00430. The Bertz CT molecular complexity index is 518. The maximum atomic E-state index is 5.85. The highest BCUT2D eigenvalue weighted by Crippen LogP contribution is 2.21. The van der Waals surface area contributed by atoms with Crippen LogP contribution in [0.4, 0.5) is 0 Å². The second-order valence-electron chi connectivity index (χ2n) is 7.43. The van der Waals surface area contributed by atoms with Gasteiger partial charge in [-0.1, -0.05) is 0 Å². The van der Waals surface area contributed by atoms with Crippen molar-refractivity contribution >= 4 is 5.96 Å². The first-order chi connectivity index (χ1) is 11.9. The van der Waals surface area contributed by atoms with Crippen LogP contribution in [0, 0.1) is 0 Å². The van der Waals surface area contributed by atoms with Crippen LogP contribution in [0.25, 0.3) is 0 Å². The van der Waals surface area contributed by atoms with Gasteiger partial charge >= 0.3 is 0 Å². The van der Waals surface area contributed by atoms with Gasteiger partial charge in [0, 0.05) is 38.1 Å². The van der Waals surface area contributed by atoms with Gasteiger partial charge in [0.15, 0.2) is 5.96 Å². The van der Waals surface area contributed by atoms with E-state index in [0.29, 0.717) is 0 Å². The molecule has 2 rings (SSSR count). The Morgan fingerprint density at radius 3 is 2.60 bits per heavy atom. The summed E-state index contributed by atoms with van der Waals surface area (Å²) in [4.78, 5) is 7.30. The van der Waals surface area contributed by atoms with Gasteiger partial charge in [0.1, 0.15) is 5.76 Å². The first kappa shape index (κ1) is 19.8. The molecule has 25 heavy (non-hydrogen) atoms. The summed E-state index contributed by atoms with van der Waals surface area (Å²) < 4.78 is 11.2. The van der Waals surface area contributed by atoms with E-state index in [-0.39, 0.29) is 17.7 Å². The van der Waals surface area contributed by atoms with Gasteiger partial charge in [-0.2, -0.15) is 0 Å². The molecule has 0 saturated carbocycles. The lowest BCUT2D eigenvalue weighted by molar-refractivity contribution is -0.0939. The van der Waals surface area contributed by atoms with Gasteiger partial charge in [0.2, 0.25) is 0 Å². The zero-order valence-electron chi connectivity index (χ0n) is 16.3. The van der Waals surface area contributed by atoms with Crippen molar-refractivity contribution in [1.29, 1.82) is 0 Å². The van der Waals surface area contributed by atoms with Crippen LogP contribution in [0.15, 0.2) is 27.8 Å². The molecule has 0 radical (unpaired) electrons. The van der Waals surface area contributed by atoms with Crippen LogP contribution >= 0.6 is 0 Å². The molecule has 6 nitrogen and oxygen atoms in total. The Morgan fingerprint density at radius 2 is 2.00 bits per heavy atom. The summed E-state index contributed by atoms with van der Waals surface area (Å²) >= 11 is 0. The maximum Gasteiger partial charge on any atom is 0.191 e. The molecule has 1 fully saturated rings. The Hall–Kier alpha value is -1.53. The molecule has 0 aromatic carbocycles. The molecule has 2 heterocycles. The van der Waals surface area contributed by atoms with Gasteiger partial charge in [0.05, 0.1) is 25.0 Å². The second kappa shape index (κ2) is 9.25. The zero-order valence-corrected chi connectivity index (χ0v) is 16.3. The molecule has 0 spiro atoms. The van der Waals surface area contributed by atoms with Crippen molar-refractivity contribution < 1.29 is 9.15 Å². The van der Waals surface area contributed by atoms with E-state index in [1.54, 1.807) is 6.26 Å². The third-order valence-corrected chi connectivity index (χ3v) is 4.49. The minimum absolute atomic E-state index is 0.00430. The molecule has 1 aliphatic rings. The summed E-state index contributed by atoms with van der Waals surface area (Å²) in [7, 11) is 0. The SMILES string of the molecule is CCNC(=NCC(C)(C)N1CC(C)OC(C)C1)NCCc1ccco1. The Balaban J connectivity index is 1.89. The number of guanidine groups is 1. The standard InChI is InChI=1S/C19H34N4O2/c1-6-20-18(21-10-9-17-8-7-11-24-17)22-14-19(4,5)23-12-15(2)25-16(3)13-23/h7-8,11,15-16H,6,9-10,12-14H2,1-5H3,(H2,20,21,22). The van der Waals surface area contributed by atoms with Crippen molar-refractivity contribution in [2.75, 3.05) is 32.7 Å². The third-order valence-electron chi connectivity index (χ3n) is 4.49. The lowest BCUT2D eigenvalue weighted by Crippen LogP contribution is -2.56. The van der Waals surface area contributed by atoms with E-state index < -0.39 is 0 Å². The molecule has 2 N–H and O–H groups in total. The Labute approximate surface area is 152 Å². The average Bonchev–Trinajstić information content (AvgIpc) is 3.05. The number of rotatable bonds is 7. The number of aliphatic imine (C=N–C) groups is 1. The molecule has 2 atom stereocenters. The van der Waals surface area contributed by atoms with E-state index in [1.807, 2.05) is 12.1 Å². The molecule has 142 valence electrons. The Kier molecular flexibility index (Phi) is 7.32. The van der Waals surface area contributed by atoms with E-state index >= 15 is 0 Å². The van der Waals surface area contributed by atoms with Gasteiger partial charge in [-0.3, -0.25) is 9.89 Å². The largest absolute Gasteiger partial charge is 0.469 e. The smallest absolute Gasteiger partial charge is 0.191 e. The van der Waals surface area contributed by atoms with Gasteiger partial charge in [-0.05, 0) is 46.8 Å². The van der Waals surface area contributed by atoms with Crippen LogP contribution in [-0.2, 0) is 11.2 Å². The van der Waals surface area contributed by atoms with Crippen LogP contribution in [0.1, 0.15) is 40.4 Å². The number of nitrogens with zero attached hydrogens (tertiary/aromatic N) is 2. The maximum absolute atomic E-state index is 5.85. The van der Waals surface area contributed by atoms with Gasteiger partial charge in [0.25, 0.3) is 0 Å². The minimum Gasteiger partial charge on any atom is -0.469 e. The van der Waals surface area contributed by atoms with Crippen molar-refractivity contribution in [3.63, 3.8) is 0 Å². The summed E-state index contributed by atoms with van der Waals surface area (Å²) in [6.07, 6.45) is 3.10. The molecular weight excluding hydrogens is 316 g/mol. The average molecular weight is 351 g/mol.